The lowest BCUT2D eigenvalue weighted by molar-refractivity contribution is -0.135. The van der Waals surface area contributed by atoms with Gasteiger partial charge in [0.2, 0.25) is 5.91 Å². The quantitative estimate of drug-likeness (QED) is 0.531. The third-order valence-corrected chi connectivity index (χ3v) is 7.57. The first-order valence-electron chi connectivity index (χ1n) is 9.13. The minimum atomic E-state index is -3.74. The van der Waals surface area contributed by atoms with Crippen molar-refractivity contribution in [2.45, 2.75) is 56.1 Å². The number of sulfone groups is 1. The molecule has 1 aliphatic rings. The van der Waals surface area contributed by atoms with Gasteiger partial charge in [-0.3, -0.25) is 10.0 Å². The Hall–Kier alpha value is -1.60. The second-order valence-electron chi connectivity index (χ2n) is 7.39. The van der Waals surface area contributed by atoms with Gasteiger partial charge in [0.15, 0.2) is 9.84 Å². The summed E-state index contributed by atoms with van der Waals surface area (Å²) >= 11 is 0. The Balaban J connectivity index is 2.43. The van der Waals surface area contributed by atoms with Gasteiger partial charge in [0.05, 0.1) is 23.2 Å². The van der Waals surface area contributed by atoms with Crippen LogP contribution in [0.25, 0.3) is 0 Å². The number of benzene rings is 1. The molecule has 6 nitrogen and oxygen atoms in total. The van der Waals surface area contributed by atoms with Gasteiger partial charge in [0.25, 0.3) is 0 Å². The van der Waals surface area contributed by atoms with Crippen LogP contribution >= 0.6 is 0 Å². The van der Waals surface area contributed by atoms with Crippen molar-refractivity contribution >= 4 is 15.7 Å². The molecule has 2 rings (SSSR count). The van der Waals surface area contributed by atoms with Gasteiger partial charge in [-0.25, -0.2) is 13.9 Å². The molecule has 1 amide bonds. The first-order chi connectivity index (χ1) is 12.3. The fraction of sp³-hybridized carbons (Fsp3) is 0.632. The summed E-state index contributed by atoms with van der Waals surface area (Å²) in [5.74, 6) is -0.806. The predicted octanol–water partition coefficient (Wildman–Crippen LogP) is 3.20. The Labute approximate surface area is 155 Å². The number of ether oxygens (including phenoxy) is 1. The highest BCUT2D eigenvalue weighted by molar-refractivity contribution is 7.92. The summed E-state index contributed by atoms with van der Waals surface area (Å²) in [6, 6.07) is 6.25. The van der Waals surface area contributed by atoms with E-state index in [1.807, 2.05) is 13.8 Å². The van der Waals surface area contributed by atoms with Gasteiger partial charge in [0, 0.05) is 0 Å². The fourth-order valence-electron chi connectivity index (χ4n) is 3.96. The zero-order chi connectivity index (χ0) is 19.3. The second-order valence-corrected chi connectivity index (χ2v) is 9.56. The van der Waals surface area contributed by atoms with Gasteiger partial charge in [-0.05, 0) is 42.5 Å². The number of rotatable bonds is 8. The van der Waals surface area contributed by atoms with Gasteiger partial charge < -0.3 is 4.74 Å². The van der Waals surface area contributed by atoms with Crippen molar-refractivity contribution < 1.29 is 23.2 Å². The molecule has 2 N–H and O–H groups in total. The minimum absolute atomic E-state index is 0.178. The number of hydrogen-bond donors (Lipinski definition) is 2. The third-order valence-electron chi connectivity index (χ3n) is 5.36. The summed E-state index contributed by atoms with van der Waals surface area (Å²) in [6.45, 7) is 3.62. The van der Waals surface area contributed by atoms with Gasteiger partial charge in [-0.1, -0.05) is 39.5 Å². The van der Waals surface area contributed by atoms with Gasteiger partial charge >= 0.3 is 0 Å². The Bertz CT molecular complexity index is 693. The van der Waals surface area contributed by atoms with Crippen molar-refractivity contribution in [2.24, 2.45) is 17.8 Å². The van der Waals surface area contributed by atoms with Crippen molar-refractivity contribution in [1.82, 2.24) is 5.48 Å². The van der Waals surface area contributed by atoms with E-state index in [-0.39, 0.29) is 10.8 Å². The van der Waals surface area contributed by atoms with Crippen LogP contribution in [-0.2, 0) is 14.6 Å². The Morgan fingerprint density at radius 2 is 1.81 bits per heavy atom. The number of carbonyl (C=O) groups is 1. The molecule has 0 aromatic heterocycles. The lowest BCUT2D eigenvalue weighted by atomic mass is 9.86. The maximum absolute atomic E-state index is 13.4. The van der Waals surface area contributed by atoms with Gasteiger partial charge in [0.1, 0.15) is 5.75 Å². The Morgan fingerprint density at radius 3 is 2.27 bits per heavy atom. The van der Waals surface area contributed by atoms with Crippen molar-refractivity contribution in [1.29, 1.82) is 0 Å². The van der Waals surface area contributed by atoms with E-state index in [4.69, 9.17) is 9.94 Å². The first kappa shape index (κ1) is 20.7. The van der Waals surface area contributed by atoms with Crippen molar-refractivity contribution in [3.05, 3.63) is 24.3 Å². The normalized spacial score (nSPS) is 17.9. The number of hydrogen-bond acceptors (Lipinski definition) is 5. The average molecular weight is 384 g/mol. The Morgan fingerprint density at radius 1 is 1.23 bits per heavy atom. The number of hydroxylamine groups is 1. The maximum atomic E-state index is 13.4. The minimum Gasteiger partial charge on any atom is -0.497 e. The molecule has 26 heavy (non-hydrogen) atoms. The highest BCUT2D eigenvalue weighted by Crippen LogP contribution is 2.37. The molecule has 1 aromatic carbocycles. The largest absolute Gasteiger partial charge is 0.497 e. The fourth-order valence-corrected chi connectivity index (χ4v) is 6.17. The van der Waals surface area contributed by atoms with Crippen LogP contribution in [0.1, 0.15) is 46.0 Å². The van der Waals surface area contributed by atoms with Crippen LogP contribution in [0.15, 0.2) is 29.2 Å². The molecule has 0 aliphatic heterocycles. The van der Waals surface area contributed by atoms with Crippen LogP contribution in [0.5, 0.6) is 5.75 Å². The standard InChI is InChI=1S/C19H29NO5S/c1-13(2)18(19(21)20-22)17(12-14-6-4-5-7-14)26(23,24)16-10-8-15(25-3)9-11-16/h8-11,13-14,17-18,22H,4-7,12H2,1-3H3,(H,20,21). The van der Waals surface area contributed by atoms with E-state index in [1.165, 1.54) is 19.2 Å². The molecule has 146 valence electrons. The van der Waals surface area contributed by atoms with E-state index in [9.17, 15) is 13.2 Å². The van der Waals surface area contributed by atoms with Gasteiger partial charge in [-0.2, -0.15) is 0 Å². The highest BCUT2D eigenvalue weighted by atomic mass is 32.2. The van der Waals surface area contributed by atoms with E-state index in [0.717, 1.165) is 25.7 Å². The van der Waals surface area contributed by atoms with E-state index < -0.39 is 26.9 Å². The molecule has 2 atom stereocenters. The van der Waals surface area contributed by atoms with E-state index in [2.05, 4.69) is 0 Å². The molecule has 0 heterocycles. The monoisotopic (exact) mass is 383 g/mol. The van der Waals surface area contributed by atoms with Crippen molar-refractivity contribution in [2.75, 3.05) is 7.11 Å². The van der Waals surface area contributed by atoms with Crippen LogP contribution in [0.2, 0.25) is 0 Å². The van der Waals surface area contributed by atoms with Crippen LogP contribution in [0, 0.1) is 17.8 Å². The zero-order valence-corrected chi connectivity index (χ0v) is 16.5. The SMILES string of the molecule is COc1ccc(S(=O)(=O)C(CC2CCCC2)C(C(=O)NO)C(C)C)cc1. The van der Waals surface area contributed by atoms with E-state index in [1.54, 1.807) is 17.6 Å². The number of methoxy groups -OCH3 is 1. The summed E-state index contributed by atoms with van der Waals surface area (Å²) < 4.78 is 31.9. The van der Waals surface area contributed by atoms with Crippen LogP contribution in [0.4, 0.5) is 0 Å². The number of amides is 1. The highest BCUT2D eigenvalue weighted by Gasteiger charge is 2.42. The lowest BCUT2D eigenvalue weighted by Gasteiger charge is -2.30. The summed E-state index contributed by atoms with van der Waals surface area (Å²) in [4.78, 5) is 12.5. The van der Waals surface area contributed by atoms with Crippen molar-refractivity contribution in [3.63, 3.8) is 0 Å². The molecule has 7 heteroatoms. The number of nitrogens with one attached hydrogen (secondary N) is 1. The number of carbonyl (C=O) groups excluding carboxylic acids is 1. The molecule has 1 fully saturated rings. The molecule has 0 bridgehead atoms. The molecule has 0 spiro atoms. The predicted molar refractivity (Wildman–Crippen MR) is 98.8 cm³/mol. The maximum Gasteiger partial charge on any atom is 0.248 e. The molecular formula is C19H29NO5S. The molecule has 2 unspecified atom stereocenters. The molecule has 0 radical (unpaired) electrons. The molecule has 1 aliphatic carbocycles. The van der Waals surface area contributed by atoms with Crippen LogP contribution in [0.3, 0.4) is 0 Å². The summed E-state index contributed by atoms with van der Waals surface area (Å²) in [5.41, 5.74) is 1.67. The average Bonchev–Trinajstić information content (AvgIpc) is 3.13. The lowest BCUT2D eigenvalue weighted by Crippen LogP contribution is -2.44. The second kappa shape index (κ2) is 8.86. The molecule has 0 saturated heterocycles. The van der Waals surface area contributed by atoms with Crippen LogP contribution in [-0.4, -0.2) is 31.9 Å². The first-order valence-corrected chi connectivity index (χ1v) is 10.7. The van der Waals surface area contributed by atoms with Crippen LogP contribution < -0.4 is 10.2 Å². The third kappa shape index (κ3) is 4.57. The molecule has 1 aromatic rings. The zero-order valence-electron chi connectivity index (χ0n) is 15.6. The van der Waals surface area contributed by atoms with Gasteiger partial charge in [-0.15, -0.1) is 0 Å². The summed E-state index contributed by atoms with van der Waals surface area (Å²) in [6.07, 6.45) is 4.60. The molecule has 1 saturated carbocycles. The molecular weight excluding hydrogens is 354 g/mol. The van der Waals surface area contributed by atoms with E-state index >= 15 is 0 Å². The van der Waals surface area contributed by atoms with Crippen molar-refractivity contribution in [3.8, 4) is 5.75 Å². The Kier molecular flexibility index (Phi) is 7.06. The van der Waals surface area contributed by atoms with E-state index in [0.29, 0.717) is 18.1 Å². The smallest absolute Gasteiger partial charge is 0.248 e. The summed E-state index contributed by atoms with van der Waals surface area (Å²) in [7, 11) is -2.22. The summed E-state index contributed by atoms with van der Waals surface area (Å²) in [5, 5.41) is 8.29. The topological polar surface area (TPSA) is 92.7 Å².